The Bertz CT molecular complexity index is 1000. The molecule has 0 radical (unpaired) electrons. The molecule has 2 unspecified atom stereocenters. The van der Waals surface area contributed by atoms with E-state index < -0.39 is 47.8 Å². The Labute approximate surface area is 230 Å². The summed E-state index contributed by atoms with van der Waals surface area (Å²) in [5, 5.41) is 45.2. The van der Waals surface area contributed by atoms with Gasteiger partial charge in [-0.2, -0.15) is 0 Å². The Hall–Kier alpha value is -1.07. The van der Waals surface area contributed by atoms with Gasteiger partial charge in [-0.05, 0) is 93.0 Å². The van der Waals surface area contributed by atoms with Gasteiger partial charge in [0.1, 0.15) is 24.9 Å². The van der Waals surface area contributed by atoms with Crippen LogP contribution in [0.3, 0.4) is 0 Å². The number of ether oxygens (including phenoxy) is 4. The molecule has 6 aliphatic rings. The maximum Gasteiger partial charge on any atom is 0.331 e. The number of cyclic esters (lactones) is 1. The summed E-state index contributed by atoms with van der Waals surface area (Å²) in [6.45, 7) is 6.46. The van der Waals surface area contributed by atoms with Gasteiger partial charge >= 0.3 is 5.97 Å². The molecular formula is C30H46O9. The largest absolute Gasteiger partial charge is 0.458 e. The SMILES string of the molecule is CO[C@H]1[C@@H](O)[C@@H](C)OC(O[C@H]2CC[C@@]3(C)C(CC[C@@H]4[C@@H]3[C@H](O)C[C@]3(C)[C@@H](C5=CC(=O)OC5)CC[C@]43O)C2)[C@@H]1O. The van der Waals surface area contributed by atoms with Crippen molar-refractivity contribution >= 4 is 5.97 Å². The Balaban J connectivity index is 1.18. The van der Waals surface area contributed by atoms with Crippen LogP contribution < -0.4 is 0 Å². The van der Waals surface area contributed by atoms with Gasteiger partial charge in [0.2, 0.25) is 0 Å². The molecule has 0 aromatic rings. The number of hydrogen-bond acceptors (Lipinski definition) is 9. The Kier molecular flexibility index (Phi) is 7.02. The summed E-state index contributed by atoms with van der Waals surface area (Å²) in [5.74, 6) is 0.0523. The minimum Gasteiger partial charge on any atom is -0.458 e. The highest BCUT2D eigenvalue weighted by Crippen LogP contribution is 2.70. The zero-order valence-electron chi connectivity index (χ0n) is 23.6. The number of aliphatic hydroxyl groups excluding tert-OH is 3. The second kappa shape index (κ2) is 9.75. The molecule has 0 aromatic carbocycles. The van der Waals surface area contributed by atoms with Crippen molar-refractivity contribution in [3.05, 3.63) is 11.6 Å². The molecule has 4 aliphatic carbocycles. The van der Waals surface area contributed by atoms with Gasteiger partial charge in [-0.25, -0.2) is 4.79 Å². The molecule has 9 heteroatoms. The number of esters is 1. The van der Waals surface area contributed by atoms with Crippen molar-refractivity contribution in [2.24, 2.45) is 34.5 Å². The first-order valence-electron chi connectivity index (χ1n) is 14.9. The van der Waals surface area contributed by atoms with Crippen molar-refractivity contribution in [2.75, 3.05) is 13.7 Å². The number of carbonyl (C=O) groups excluding carboxylic acids is 1. The third-order valence-corrected chi connectivity index (χ3v) is 12.3. The fraction of sp³-hybridized carbons (Fsp3) is 0.900. The topological polar surface area (TPSA) is 135 Å². The Morgan fingerprint density at radius 2 is 1.82 bits per heavy atom. The van der Waals surface area contributed by atoms with Crippen LogP contribution in [0, 0.1) is 34.5 Å². The highest BCUT2D eigenvalue weighted by molar-refractivity contribution is 5.85. The van der Waals surface area contributed by atoms with Crippen molar-refractivity contribution in [2.45, 2.75) is 121 Å². The number of rotatable bonds is 4. The van der Waals surface area contributed by atoms with Crippen LogP contribution in [-0.2, 0) is 23.7 Å². The van der Waals surface area contributed by atoms with E-state index in [4.69, 9.17) is 18.9 Å². The number of carbonyl (C=O) groups is 1. The highest BCUT2D eigenvalue weighted by Gasteiger charge is 2.70. The van der Waals surface area contributed by atoms with E-state index in [1.807, 2.05) is 0 Å². The lowest BCUT2D eigenvalue weighted by molar-refractivity contribution is -0.314. The summed E-state index contributed by atoms with van der Waals surface area (Å²) in [6, 6.07) is 0. The van der Waals surface area contributed by atoms with E-state index in [0.717, 1.165) is 44.1 Å². The summed E-state index contributed by atoms with van der Waals surface area (Å²) >= 11 is 0. The van der Waals surface area contributed by atoms with Crippen LogP contribution in [0.15, 0.2) is 11.6 Å². The van der Waals surface area contributed by atoms with Gasteiger partial charge in [0.25, 0.3) is 0 Å². The van der Waals surface area contributed by atoms with Crippen molar-refractivity contribution in [3.8, 4) is 0 Å². The third kappa shape index (κ3) is 4.09. The minimum absolute atomic E-state index is 0.00175. The molecule has 220 valence electrons. The van der Waals surface area contributed by atoms with Gasteiger partial charge in [0, 0.05) is 18.6 Å². The number of methoxy groups -OCH3 is 1. The average Bonchev–Trinajstić information content (AvgIpc) is 3.42. The molecule has 0 amide bonds. The minimum atomic E-state index is -1.08. The zero-order valence-corrected chi connectivity index (χ0v) is 23.6. The molecule has 9 nitrogen and oxygen atoms in total. The monoisotopic (exact) mass is 550 g/mol. The Morgan fingerprint density at radius 3 is 2.51 bits per heavy atom. The first kappa shape index (κ1) is 28.1. The normalized spacial score (nSPS) is 55.3. The molecule has 6 rings (SSSR count). The van der Waals surface area contributed by atoms with E-state index in [0.29, 0.717) is 25.4 Å². The second-order valence-electron chi connectivity index (χ2n) is 13.9. The van der Waals surface area contributed by atoms with E-state index >= 15 is 0 Å². The molecular weight excluding hydrogens is 504 g/mol. The predicted octanol–water partition coefficient (Wildman–Crippen LogP) is 2.08. The fourth-order valence-electron chi connectivity index (χ4n) is 10.2. The van der Waals surface area contributed by atoms with Crippen LogP contribution >= 0.6 is 0 Å². The maximum atomic E-state index is 12.4. The van der Waals surface area contributed by atoms with Crippen LogP contribution in [0.1, 0.15) is 72.1 Å². The molecule has 0 spiro atoms. The second-order valence-corrected chi connectivity index (χ2v) is 13.9. The number of hydrogen-bond donors (Lipinski definition) is 4. The number of aliphatic hydroxyl groups is 4. The fourth-order valence-corrected chi connectivity index (χ4v) is 10.2. The van der Waals surface area contributed by atoms with E-state index in [2.05, 4.69) is 13.8 Å². The van der Waals surface area contributed by atoms with Crippen molar-refractivity contribution in [3.63, 3.8) is 0 Å². The van der Waals surface area contributed by atoms with Crippen LogP contribution in [0.5, 0.6) is 0 Å². The van der Waals surface area contributed by atoms with Crippen LogP contribution in [-0.4, -0.2) is 88.6 Å². The number of fused-ring (bicyclic) bond motifs is 5. The lowest BCUT2D eigenvalue weighted by atomic mass is 9.42. The van der Waals surface area contributed by atoms with Gasteiger partial charge in [-0.1, -0.05) is 13.8 Å². The van der Waals surface area contributed by atoms with Crippen LogP contribution in [0.4, 0.5) is 0 Å². The average molecular weight is 551 g/mol. The van der Waals surface area contributed by atoms with Gasteiger partial charge in [0.05, 0.1) is 23.9 Å². The first-order chi connectivity index (χ1) is 18.4. The lowest BCUT2D eigenvalue weighted by Crippen LogP contribution is -2.66. The molecule has 0 bridgehead atoms. The van der Waals surface area contributed by atoms with Gasteiger partial charge in [0.15, 0.2) is 6.29 Å². The van der Waals surface area contributed by atoms with Crippen molar-refractivity contribution < 1.29 is 44.2 Å². The standard InChI is InChI=1S/C30H46O9/c1-15-24(33)26(36-4)25(34)27(38-15)39-18-7-9-28(2)17(12-18)5-6-20-23(28)21(31)13-29(3)19(8-10-30(20,29)35)16-11-22(32)37-14-16/h11,15,17-21,23-27,31,33-35H,5-10,12-14H2,1-4H3/t15-,17?,18+,19-,20-,21-,23-,24+,25-,26+,27?,28+,29-,30+/m1/s1. The third-order valence-electron chi connectivity index (χ3n) is 12.3. The lowest BCUT2D eigenvalue weighted by Gasteiger charge is -2.65. The van der Waals surface area contributed by atoms with E-state index in [-0.39, 0.29) is 35.2 Å². The zero-order chi connectivity index (χ0) is 27.9. The molecule has 14 atom stereocenters. The smallest absolute Gasteiger partial charge is 0.331 e. The molecule has 2 aliphatic heterocycles. The molecule has 2 heterocycles. The molecule has 4 saturated carbocycles. The summed E-state index contributed by atoms with van der Waals surface area (Å²) in [4.78, 5) is 11.8. The van der Waals surface area contributed by atoms with E-state index in [1.54, 1.807) is 13.0 Å². The molecule has 0 aromatic heterocycles. The predicted molar refractivity (Wildman–Crippen MR) is 139 cm³/mol. The molecule has 5 fully saturated rings. The van der Waals surface area contributed by atoms with Crippen LogP contribution in [0.25, 0.3) is 0 Å². The van der Waals surface area contributed by atoms with Crippen molar-refractivity contribution in [1.82, 2.24) is 0 Å². The summed E-state index contributed by atoms with van der Waals surface area (Å²) in [6.07, 6.45) is 3.05. The molecule has 1 saturated heterocycles. The summed E-state index contributed by atoms with van der Waals surface area (Å²) in [5.41, 5.74) is -0.550. The summed E-state index contributed by atoms with van der Waals surface area (Å²) < 4.78 is 22.7. The van der Waals surface area contributed by atoms with Gasteiger partial charge in [-0.15, -0.1) is 0 Å². The van der Waals surface area contributed by atoms with E-state index in [1.165, 1.54) is 7.11 Å². The maximum absolute atomic E-state index is 12.4. The first-order valence-corrected chi connectivity index (χ1v) is 14.9. The molecule has 39 heavy (non-hydrogen) atoms. The van der Waals surface area contributed by atoms with Crippen molar-refractivity contribution in [1.29, 1.82) is 0 Å². The Morgan fingerprint density at radius 1 is 1.05 bits per heavy atom. The summed E-state index contributed by atoms with van der Waals surface area (Å²) in [7, 11) is 1.47. The van der Waals surface area contributed by atoms with Gasteiger partial charge in [-0.3, -0.25) is 0 Å². The quantitative estimate of drug-likeness (QED) is 0.307. The van der Waals surface area contributed by atoms with Gasteiger partial charge < -0.3 is 39.4 Å². The highest BCUT2D eigenvalue weighted by atomic mass is 16.7. The molecule has 4 N–H and O–H groups in total. The van der Waals surface area contributed by atoms with Crippen LogP contribution in [0.2, 0.25) is 0 Å². The van der Waals surface area contributed by atoms with E-state index in [9.17, 15) is 25.2 Å².